The Morgan fingerprint density at radius 1 is 1.05 bits per heavy atom. The molecule has 1 aliphatic carbocycles. The Labute approximate surface area is 127 Å². The van der Waals surface area contributed by atoms with Crippen LogP contribution in [0.3, 0.4) is 0 Å². The number of hydrogen-bond acceptors (Lipinski definition) is 2. The van der Waals surface area contributed by atoms with Crippen molar-refractivity contribution in [3.05, 3.63) is 0 Å². The van der Waals surface area contributed by atoms with E-state index in [-0.39, 0.29) is 0 Å². The number of rotatable bonds is 8. The van der Waals surface area contributed by atoms with E-state index in [1.165, 1.54) is 45.2 Å². The summed E-state index contributed by atoms with van der Waals surface area (Å²) in [7, 11) is 0. The van der Waals surface area contributed by atoms with Crippen molar-refractivity contribution in [2.75, 3.05) is 13.1 Å². The molecule has 1 rings (SSSR count). The molecule has 120 valence electrons. The molecule has 20 heavy (non-hydrogen) atoms. The Hall–Kier alpha value is -0.0800. The lowest BCUT2D eigenvalue weighted by atomic mass is 9.87. The summed E-state index contributed by atoms with van der Waals surface area (Å²) >= 11 is 0. The van der Waals surface area contributed by atoms with Crippen LogP contribution in [0.2, 0.25) is 0 Å². The second-order valence-corrected chi connectivity index (χ2v) is 8.47. The predicted octanol–water partition coefficient (Wildman–Crippen LogP) is 4.43. The number of nitrogens with two attached hydrogens (primary N) is 1. The number of hydrogen-bond donors (Lipinski definition) is 1. The first-order valence-electron chi connectivity index (χ1n) is 8.77. The predicted molar refractivity (Wildman–Crippen MR) is 89.9 cm³/mol. The van der Waals surface area contributed by atoms with Gasteiger partial charge in [-0.2, -0.15) is 0 Å². The monoisotopic (exact) mass is 282 g/mol. The molecule has 1 unspecified atom stereocenters. The molecule has 1 fully saturated rings. The zero-order valence-electron chi connectivity index (χ0n) is 14.6. The van der Waals surface area contributed by atoms with Crippen LogP contribution in [0.25, 0.3) is 0 Å². The average Bonchev–Trinajstić information content (AvgIpc) is 2.79. The highest BCUT2D eigenvalue weighted by Crippen LogP contribution is 2.25. The second kappa shape index (κ2) is 8.38. The molecule has 0 heterocycles. The Bertz CT molecular complexity index is 249. The first kappa shape index (κ1) is 18.0. The van der Waals surface area contributed by atoms with E-state index in [0.29, 0.717) is 11.5 Å². The van der Waals surface area contributed by atoms with E-state index in [4.69, 9.17) is 5.73 Å². The van der Waals surface area contributed by atoms with Gasteiger partial charge in [0.25, 0.3) is 0 Å². The van der Waals surface area contributed by atoms with Crippen molar-refractivity contribution in [3.63, 3.8) is 0 Å². The van der Waals surface area contributed by atoms with Gasteiger partial charge < -0.3 is 10.6 Å². The summed E-state index contributed by atoms with van der Waals surface area (Å²) in [5.41, 5.74) is 6.69. The summed E-state index contributed by atoms with van der Waals surface area (Å²) < 4.78 is 0. The van der Waals surface area contributed by atoms with Crippen LogP contribution >= 0.6 is 0 Å². The van der Waals surface area contributed by atoms with Crippen LogP contribution in [-0.4, -0.2) is 30.1 Å². The van der Waals surface area contributed by atoms with Crippen molar-refractivity contribution < 1.29 is 0 Å². The fourth-order valence-electron chi connectivity index (χ4n) is 3.39. The van der Waals surface area contributed by atoms with E-state index in [2.05, 4.69) is 39.5 Å². The van der Waals surface area contributed by atoms with Gasteiger partial charge in [-0.15, -0.1) is 0 Å². The highest BCUT2D eigenvalue weighted by Gasteiger charge is 2.23. The van der Waals surface area contributed by atoms with Gasteiger partial charge in [-0.1, -0.05) is 47.5 Å². The maximum Gasteiger partial charge on any atom is 0.00952 e. The Balaban J connectivity index is 2.39. The molecule has 0 bridgehead atoms. The van der Waals surface area contributed by atoms with Crippen molar-refractivity contribution in [3.8, 4) is 0 Å². The van der Waals surface area contributed by atoms with E-state index < -0.39 is 0 Å². The third-order valence-electron chi connectivity index (χ3n) is 4.50. The van der Waals surface area contributed by atoms with Crippen molar-refractivity contribution in [1.82, 2.24) is 4.90 Å². The molecule has 2 nitrogen and oxygen atoms in total. The van der Waals surface area contributed by atoms with Crippen molar-refractivity contribution in [2.45, 2.75) is 91.6 Å². The normalized spacial score (nSPS) is 19.2. The Morgan fingerprint density at radius 3 is 2.10 bits per heavy atom. The lowest BCUT2D eigenvalue weighted by Gasteiger charge is -2.31. The molecule has 1 atom stereocenters. The van der Waals surface area contributed by atoms with Gasteiger partial charge in [0.1, 0.15) is 0 Å². The Kier molecular flexibility index (Phi) is 7.53. The summed E-state index contributed by atoms with van der Waals surface area (Å²) in [6.45, 7) is 14.0. The lowest BCUT2D eigenvalue weighted by Crippen LogP contribution is -2.38. The molecule has 2 heteroatoms. The maximum absolute atomic E-state index is 6.34. The van der Waals surface area contributed by atoms with E-state index in [9.17, 15) is 0 Å². The van der Waals surface area contributed by atoms with Gasteiger partial charge in [0.15, 0.2) is 0 Å². The van der Waals surface area contributed by atoms with Crippen molar-refractivity contribution in [2.24, 2.45) is 17.1 Å². The van der Waals surface area contributed by atoms with Gasteiger partial charge in [0.05, 0.1) is 0 Å². The average molecular weight is 283 g/mol. The molecule has 0 aromatic heterocycles. The third-order valence-corrected chi connectivity index (χ3v) is 4.50. The van der Waals surface area contributed by atoms with E-state index in [0.717, 1.165) is 24.8 Å². The quantitative estimate of drug-likeness (QED) is 0.713. The smallest absolute Gasteiger partial charge is 0.00952 e. The minimum absolute atomic E-state index is 0.357. The van der Waals surface area contributed by atoms with Crippen LogP contribution in [0.15, 0.2) is 0 Å². The maximum atomic E-state index is 6.34. The van der Waals surface area contributed by atoms with Crippen LogP contribution in [0.5, 0.6) is 0 Å². The summed E-state index contributed by atoms with van der Waals surface area (Å²) in [5, 5.41) is 0. The van der Waals surface area contributed by atoms with Crippen LogP contribution in [0.4, 0.5) is 0 Å². The van der Waals surface area contributed by atoms with Gasteiger partial charge in [-0.05, 0) is 56.5 Å². The first-order valence-corrected chi connectivity index (χ1v) is 8.77. The molecule has 0 radical (unpaired) electrons. The van der Waals surface area contributed by atoms with Crippen molar-refractivity contribution >= 4 is 0 Å². The van der Waals surface area contributed by atoms with E-state index >= 15 is 0 Å². The van der Waals surface area contributed by atoms with Crippen LogP contribution in [-0.2, 0) is 0 Å². The standard InChI is InChI=1S/C18H38N2/c1-15(2)10-12-20(17-8-6-7-9-17)13-11-16(19)14-18(3,4)5/h15-17H,6-14,19H2,1-5H3. The fraction of sp³-hybridized carbons (Fsp3) is 1.00. The molecule has 0 aliphatic heterocycles. The number of nitrogens with zero attached hydrogens (tertiary/aromatic N) is 1. The van der Waals surface area contributed by atoms with E-state index in [1.807, 2.05) is 0 Å². The highest BCUT2D eigenvalue weighted by molar-refractivity contribution is 4.80. The zero-order chi connectivity index (χ0) is 15.2. The van der Waals surface area contributed by atoms with E-state index in [1.54, 1.807) is 0 Å². The third kappa shape index (κ3) is 7.64. The molecule has 0 amide bonds. The highest BCUT2D eigenvalue weighted by atomic mass is 15.2. The Morgan fingerprint density at radius 2 is 1.60 bits per heavy atom. The second-order valence-electron chi connectivity index (χ2n) is 8.47. The largest absolute Gasteiger partial charge is 0.328 e. The zero-order valence-corrected chi connectivity index (χ0v) is 14.6. The molecule has 2 N–H and O–H groups in total. The van der Waals surface area contributed by atoms with Crippen molar-refractivity contribution in [1.29, 1.82) is 0 Å². The molecule has 0 spiro atoms. The molecule has 0 aromatic carbocycles. The minimum atomic E-state index is 0.357. The molecule has 0 saturated heterocycles. The van der Waals surface area contributed by atoms with Gasteiger partial charge >= 0.3 is 0 Å². The SMILES string of the molecule is CC(C)CCN(CCC(N)CC(C)(C)C)C1CCCC1. The molecular formula is C18H38N2. The minimum Gasteiger partial charge on any atom is -0.328 e. The summed E-state index contributed by atoms with van der Waals surface area (Å²) in [6.07, 6.45) is 9.29. The van der Waals surface area contributed by atoms with Gasteiger partial charge in [-0.3, -0.25) is 0 Å². The lowest BCUT2D eigenvalue weighted by molar-refractivity contribution is 0.176. The summed E-state index contributed by atoms with van der Waals surface area (Å²) in [5.74, 6) is 0.808. The molecule has 1 saturated carbocycles. The summed E-state index contributed by atoms with van der Waals surface area (Å²) in [4.78, 5) is 2.75. The summed E-state index contributed by atoms with van der Waals surface area (Å²) in [6, 6.07) is 1.20. The van der Waals surface area contributed by atoms with Crippen LogP contribution < -0.4 is 5.73 Å². The van der Waals surface area contributed by atoms with Gasteiger partial charge in [-0.25, -0.2) is 0 Å². The molecule has 0 aromatic rings. The van der Waals surface area contributed by atoms with Gasteiger partial charge in [0.2, 0.25) is 0 Å². The van der Waals surface area contributed by atoms with Gasteiger partial charge in [0, 0.05) is 12.1 Å². The topological polar surface area (TPSA) is 29.3 Å². The first-order chi connectivity index (χ1) is 9.28. The van der Waals surface area contributed by atoms with Crippen LogP contribution in [0, 0.1) is 11.3 Å². The fourth-order valence-corrected chi connectivity index (χ4v) is 3.39. The van der Waals surface area contributed by atoms with Crippen LogP contribution in [0.1, 0.15) is 79.6 Å². The molecular weight excluding hydrogens is 244 g/mol. The molecule has 1 aliphatic rings.